The molecular weight excluding hydrogens is 424 g/mol. The summed E-state index contributed by atoms with van der Waals surface area (Å²) in [5.74, 6) is 0.434. The second-order valence-corrected chi connectivity index (χ2v) is 8.69. The molecule has 9 heteroatoms. The molecule has 4 aromatic rings. The summed E-state index contributed by atoms with van der Waals surface area (Å²) in [6.07, 6.45) is 1.51. The summed E-state index contributed by atoms with van der Waals surface area (Å²) in [5, 5.41) is 19.8. The van der Waals surface area contributed by atoms with Gasteiger partial charge in [-0.3, -0.25) is 4.79 Å². The van der Waals surface area contributed by atoms with Gasteiger partial charge in [-0.2, -0.15) is 5.21 Å². The van der Waals surface area contributed by atoms with Gasteiger partial charge in [0, 0.05) is 23.7 Å². The zero-order chi connectivity index (χ0) is 22.0. The van der Waals surface area contributed by atoms with Crippen LogP contribution in [0.1, 0.15) is 34.6 Å². The Morgan fingerprint density at radius 3 is 2.62 bits per heavy atom. The number of hydrogen-bond acceptors (Lipinski definition) is 7. The highest BCUT2D eigenvalue weighted by atomic mass is 32.1. The summed E-state index contributed by atoms with van der Waals surface area (Å²) >= 11 is 1.64. The summed E-state index contributed by atoms with van der Waals surface area (Å²) in [7, 11) is 0. The van der Waals surface area contributed by atoms with Gasteiger partial charge in [0.15, 0.2) is 5.82 Å². The lowest BCUT2D eigenvalue weighted by atomic mass is 9.73. The normalized spacial score (nSPS) is 15.4. The standard InChI is InChI=1S/C23H22N6O2S/c24-18-8-5-16(20-2-1-13-32-20)14-19(18)25-21(30)15-3-6-17(7-4-15)23(9-11-31-12-10-23)22-26-28-29-27-22/h1-8,13-14H,9-12,24H2,(H,25,30)(H,26,27,28,29). The van der Waals surface area contributed by atoms with Crippen molar-refractivity contribution in [2.24, 2.45) is 0 Å². The van der Waals surface area contributed by atoms with Crippen molar-refractivity contribution in [1.29, 1.82) is 0 Å². The highest BCUT2D eigenvalue weighted by Crippen LogP contribution is 2.39. The Morgan fingerprint density at radius 1 is 1.12 bits per heavy atom. The molecule has 1 saturated heterocycles. The number of aromatic nitrogens is 4. The first kappa shape index (κ1) is 20.3. The third kappa shape index (κ3) is 3.76. The molecule has 0 radical (unpaired) electrons. The maximum absolute atomic E-state index is 12.9. The number of carbonyl (C=O) groups excluding carboxylic acids is 1. The average Bonchev–Trinajstić information content (AvgIpc) is 3.56. The highest BCUT2D eigenvalue weighted by Gasteiger charge is 2.40. The second-order valence-electron chi connectivity index (χ2n) is 7.74. The number of hydrogen-bond donors (Lipinski definition) is 3. The van der Waals surface area contributed by atoms with Crippen molar-refractivity contribution in [3.63, 3.8) is 0 Å². The van der Waals surface area contributed by atoms with Crippen molar-refractivity contribution in [3.8, 4) is 10.4 Å². The Bertz CT molecular complexity index is 1200. The summed E-state index contributed by atoms with van der Waals surface area (Å²) in [5.41, 5.74) is 9.46. The minimum atomic E-state index is -0.375. The maximum Gasteiger partial charge on any atom is 0.255 e. The molecule has 8 nitrogen and oxygen atoms in total. The molecule has 2 aromatic heterocycles. The number of amides is 1. The third-order valence-corrected chi connectivity index (χ3v) is 6.85. The Kier molecular flexibility index (Phi) is 5.42. The van der Waals surface area contributed by atoms with Crippen LogP contribution in [0.15, 0.2) is 60.0 Å². The number of anilines is 2. The average molecular weight is 447 g/mol. The van der Waals surface area contributed by atoms with Gasteiger partial charge < -0.3 is 15.8 Å². The number of nitrogens with two attached hydrogens (primary N) is 1. The van der Waals surface area contributed by atoms with Gasteiger partial charge in [-0.25, -0.2) is 0 Å². The van der Waals surface area contributed by atoms with Crippen LogP contribution < -0.4 is 11.1 Å². The third-order valence-electron chi connectivity index (χ3n) is 5.93. The van der Waals surface area contributed by atoms with Gasteiger partial charge in [0.1, 0.15) is 0 Å². The van der Waals surface area contributed by atoms with E-state index in [1.807, 2.05) is 60.0 Å². The van der Waals surface area contributed by atoms with E-state index < -0.39 is 0 Å². The minimum absolute atomic E-state index is 0.216. The maximum atomic E-state index is 12.9. The van der Waals surface area contributed by atoms with Gasteiger partial charge in [0.25, 0.3) is 5.91 Å². The van der Waals surface area contributed by atoms with E-state index in [1.165, 1.54) is 0 Å². The zero-order valence-electron chi connectivity index (χ0n) is 17.2. The largest absolute Gasteiger partial charge is 0.397 e. The van der Waals surface area contributed by atoms with Crippen molar-refractivity contribution in [1.82, 2.24) is 20.6 Å². The van der Waals surface area contributed by atoms with Crippen LogP contribution in [0, 0.1) is 0 Å². The molecule has 1 fully saturated rings. The molecule has 0 atom stereocenters. The summed E-state index contributed by atoms with van der Waals surface area (Å²) in [6.45, 7) is 1.24. The van der Waals surface area contributed by atoms with Crippen molar-refractivity contribution in [2.75, 3.05) is 24.3 Å². The predicted octanol–water partition coefficient (Wildman–Crippen LogP) is 3.86. The number of nitrogen functional groups attached to an aromatic ring is 1. The lowest BCUT2D eigenvalue weighted by molar-refractivity contribution is 0.0604. The van der Waals surface area contributed by atoms with E-state index in [0.717, 1.165) is 28.8 Å². The number of ether oxygens (including phenoxy) is 1. The fourth-order valence-electron chi connectivity index (χ4n) is 4.12. The van der Waals surface area contributed by atoms with Crippen LogP contribution in [0.3, 0.4) is 0 Å². The number of tetrazole rings is 1. The van der Waals surface area contributed by atoms with Gasteiger partial charge in [0.2, 0.25) is 0 Å². The molecule has 0 spiro atoms. The van der Waals surface area contributed by atoms with Crippen LogP contribution in [-0.2, 0) is 10.2 Å². The number of nitrogens with one attached hydrogen (secondary N) is 2. The van der Waals surface area contributed by atoms with Crippen LogP contribution in [0.25, 0.3) is 10.4 Å². The lowest BCUT2D eigenvalue weighted by Gasteiger charge is -2.34. The molecule has 162 valence electrons. The Labute approximate surface area is 188 Å². The molecule has 5 rings (SSSR count). The lowest BCUT2D eigenvalue weighted by Crippen LogP contribution is -2.36. The van der Waals surface area contributed by atoms with E-state index in [1.54, 1.807) is 11.3 Å². The van der Waals surface area contributed by atoms with Crippen molar-refractivity contribution in [2.45, 2.75) is 18.3 Å². The van der Waals surface area contributed by atoms with E-state index >= 15 is 0 Å². The molecule has 32 heavy (non-hydrogen) atoms. The Morgan fingerprint density at radius 2 is 1.94 bits per heavy atom. The first-order chi connectivity index (χ1) is 15.7. The SMILES string of the molecule is Nc1ccc(-c2cccs2)cc1NC(=O)c1ccc(C2(c3nn[nH]n3)CCOCC2)cc1. The fraction of sp³-hybridized carbons (Fsp3) is 0.217. The van der Waals surface area contributed by atoms with Crippen molar-refractivity contribution < 1.29 is 9.53 Å². The highest BCUT2D eigenvalue weighted by molar-refractivity contribution is 7.13. The molecule has 4 N–H and O–H groups in total. The molecule has 0 saturated carbocycles. The van der Waals surface area contributed by atoms with Gasteiger partial charge >= 0.3 is 0 Å². The zero-order valence-corrected chi connectivity index (χ0v) is 18.1. The Balaban J connectivity index is 1.39. The van der Waals surface area contributed by atoms with Crippen molar-refractivity contribution in [3.05, 3.63) is 76.9 Å². The van der Waals surface area contributed by atoms with Crippen LogP contribution in [0.2, 0.25) is 0 Å². The quantitative estimate of drug-likeness (QED) is 0.401. The van der Waals surface area contributed by atoms with Crippen LogP contribution >= 0.6 is 11.3 Å². The number of aromatic amines is 1. The van der Waals surface area contributed by atoms with Crippen molar-refractivity contribution >= 4 is 28.6 Å². The molecule has 0 unspecified atom stereocenters. The van der Waals surface area contributed by atoms with Crippen LogP contribution in [-0.4, -0.2) is 39.7 Å². The number of thiophene rings is 1. The monoisotopic (exact) mass is 446 g/mol. The summed E-state index contributed by atoms with van der Waals surface area (Å²) in [4.78, 5) is 14.1. The summed E-state index contributed by atoms with van der Waals surface area (Å²) < 4.78 is 5.56. The van der Waals surface area contributed by atoms with Crippen LogP contribution in [0.5, 0.6) is 0 Å². The molecule has 2 aromatic carbocycles. The molecule has 1 aliphatic heterocycles. The Hall–Kier alpha value is -3.56. The smallest absolute Gasteiger partial charge is 0.255 e. The minimum Gasteiger partial charge on any atom is -0.397 e. The van der Waals surface area contributed by atoms with Gasteiger partial charge in [0.05, 0.1) is 16.8 Å². The van der Waals surface area contributed by atoms with E-state index in [9.17, 15) is 4.79 Å². The molecule has 3 heterocycles. The number of carbonyl (C=O) groups is 1. The van der Waals surface area contributed by atoms with E-state index in [2.05, 4.69) is 25.9 Å². The molecule has 1 aliphatic rings. The van der Waals surface area contributed by atoms with Gasteiger partial charge in [-0.1, -0.05) is 29.5 Å². The summed E-state index contributed by atoms with van der Waals surface area (Å²) in [6, 6.07) is 17.3. The first-order valence-electron chi connectivity index (χ1n) is 10.3. The number of nitrogens with zero attached hydrogens (tertiary/aromatic N) is 3. The van der Waals surface area contributed by atoms with Crippen LogP contribution in [0.4, 0.5) is 11.4 Å². The predicted molar refractivity (Wildman–Crippen MR) is 124 cm³/mol. The second kappa shape index (κ2) is 8.52. The van der Waals surface area contributed by atoms with Gasteiger partial charge in [-0.05, 0) is 59.7 Å². The van der Waals surface area contributed by atoms with E-state index in [-0.39, 0.29) is 11.3 Å². The van der Waals surface area contributed by atoms with Gasteiger partial charge in [-0.15, -0.1) is 21.5 Å². The number of benzene rings is 2. The number of rotatable bonds is 5. The molecule has 1 amide bonds. The molecule has 0 aliphatic carbocycles. The molecular formula is C23H22N6O2S. The number of H-pyrrole nitrogens is 1. The topological polar surface area (TPSA) is 119 Å². The van der Waals surface area contributed by atoms with E-state index in [0.29, 0.717) is 36.0 Å². The molecule has 0 bridgehead atoms. The van der Waals surface area contributed by atoms with E-state index in [4.69, 9.17) is 10.5 Å². The fourth-order valence-corrected chi connectivity index (χ4v) is 4.85. The first-order valence-corrected chi connectivity index (χ1v) is 11.2.